The standard InChI is InChI=1S/C20H19N5O/c1-14(18-9-2-3-10-22-18)24-13-15-6-5-11-23-19(15)25(20(24)26)17-8-4-7-16(21)12-17/h2-12,14H,13,21H2,1H3. The Hall–Kier alpha value is -3.41. The highest BCUT2D eigenvalue weighted by atomic mass is 16.2. The SMILES string of the molecule is CC(c1ccccn1)N1Cc2cccnc2N(c2cccc(N)c2)C1=O. The number of hydrogen-bond acceptors (Lipinski definition) is 4. The maximum Gasteiger partial charge on any atom is 0.331 e. The first-order valence-corrected chi connectivity index (χ1v) is 8.46. The highest BCUT2D eigenvalue weighted by Gasteiger charge is 2.35. The van der Waals surface area contributed by atoms with Crippen LogP contribution in [-0.4, -0.2) is 20.9 Å². The summed E-state index contributed by atoms with van der Waals surface area (Å²) in [5, 5.41) is 0. The van der Waals surface area contributed by atoms with Gasteiger partial charge in [0.1, 0.15) is 5.82 Å². The molecule has 6 nitrogen and oxygen atoms in total. The minimum absolute atomic E-state index is 0.139. The highest BCUT2D eigenvalue weighted by Crippen LogP contribution is 2.36. The van der Waals surface area contributed by atoms with E-state index in [0.29, 0.717) is 23.7 Å². The van der Waals surface area contributed by atoms with Crippen molar-refractivity contribution in [1.82, 2.24) is 14.9 Å². The zero-order chi connectivity index (χ0) is 18.1. The molecule has 0 fully saturated rings. The van der Waals surface area contributed by atoms with Crippen molar-refractivity contribution in [3.63, 3.8) is 0 Å². The van der Waals surface area contributed by atoms with Gasteiger partial charge in [-0.2, -0.15) is 0 Å². The zero-order valence-corrected chi connectivity index (χ0v) is 14.4. The maximum atomic E-state index is 13.4. The summed E-state index contributed by atoms with van der Waals surface area (Å²) >= 11 is 0. The number of hydrogen-bond donors (Lipinski definition) is 1. The second-order valence-corrected chi connectivity index (χ2v) is 6.26. The fourth-order valence-electron chi connectivity index (χ4n) is 3.21. The van der Waals surface area contributed by atoms with Gasteiger partial charge in [0.25, 0.3) is 0 Å². The van der Waals surface area contributed by atoms with Crippen LogP contribution in [0.5, 0.6) is 0 Å². The largest absolute Gasteiger partial charge is 0.399 e. The molecule has 1 unspecified atom stereocenters. The van der Waals surface area contributed by atoms with Crippen LogP contribution in [0.4, 0.5) is 22.0 Å². The highest BCUT2D eigenvalue weighted by molar-refractivity contribution is 6.01. The van der Waals surface area contributed by atoms with Crippen molar-refractivity contribution in [2.75, 3.05) is 10.6 Å². The van der Waals surface area contributed by atoms with Crippen molar-refractivity contribution in [3.05, 3.63) is 78.2 Å². The Morgan fingerprint density at radius 2 is 1.88 bits per heavy atom. The minimum atomic E-state index is -0.166. The number of benzene rings is 1. The number of aromatic nitrogens is 2. The summed E-state index contributed by atoms with van der Waals surface area (Å²) in [6.07, 6.45) is 3.44. The predicted octanol–water partition coefficient (Wildman–Crippen LogP) is 3.89. The Kier molecular flexibility index (Phi) is 4.01. The van der Waals surface area contributed by atoms with Gasteiger partial charge >= 0.3 is 6.03 Å². The molecule has 0 saturated carbocycles. The van der Waals surface area contributed by atoms with Crippen LogP contribution in [0.2, 0.25) is 0 Å². The van der Waals surface area contributed by atoms with Crippen LogP contribution >= 0.6 is 0 Å². The molecule has 26 heavy (non-hydrogen) atoms. The maximum absolute atomic E-state index is 13.4. The predicted molar refractivity (Wildman–Crippen MR) is 101 cm³/mol. The molecule has 4 rings (SSSR count). The molecule has 130 valence electrons. The van der Waals surface area contributed by atoms with Gasteiger partial charge < -0.3 is 10.6 Å². The molecule has 1 atom stereocenters. The van der Waals surface area contributed by atoms with Crippen molar-refractivity contribution >= 4 is 23.2 Å². The Labute approximate surface area is 151 Å². The molecule has 2 N–H and O–H groups in total. The van der Waals surface area contributed by atoms with Crippen LogP contribution in [0.15, 0.2) is 67.0 Å². The van der Waals surface area contributed by atoms with E-state index in [4.69, 9.17) is 5.73 Å². The molecule has 3 heterocycles. The molecule has 1 aromatic carbocycles. The number of urea groups is 1. The monoisotopic (exact) mass is 345 g/mol. The summed E-state index contributed by atoms with van der Waals surface area (Å²) in [5.41, 5.74) is 9.07. The number of anilines is 3. The van der Waals surface area contributed by atoms with Gasteiger partial charge in [0.15, 0.2) is 0 Å². The molecule has 0 radical (unpaired) electrons. The van der Waals surface area contributed by atoms with Gasteiger partial charge in [0, 0.05) is 23.6 Å². The minimum Gasteiger partial charge on any atom is -0.399 e. The number of pyridine rings is 2. The van der Waals surface area contributed by atoms with Crippen molar-refractivity contribution in [2.24, 2.45) is 0 Å². The number of nitrogens with two attached hydrogens (primary N) is 1. The Morgan fingerprint density at radius 1 is 1.04 bits per heavy atom. The van der Waals surface area contributed by atoms with Crippen molar-refractivity contribution in [3.8, 4) is 0 Å². The van der Waals surface area contributed by atoms with Gasteiger partial charge in [-0.1, -0.05) is 18.2 Å². The second kappa shape index (κ2) is 6.48. The summed E-state index contributed by atoms with van der Waals surface area (Å²) in [7, 11) is 0. The first kappa shape index (κ1) is 16.1. The average Bonchev–Trinajstić information content (AvgIpc) is 2.67. The van der Waals surface area contributed by atoms with E-state index in [2.05, 4.69) is 9.97 Å². The molecule has 6 heteroatoms. The van der Waals surface area contributed by atoms with Crippen molar-refractivity contribution in [2.45, 2.75) is 19.5 Å². The number of carbonyl (C=O) groups is 1. The van der Waals surface area contributed by atoms with E-state index in [9.17, 15) is 4.79 Å². The quantitative estimate of drug-likeness (QED) is 0.731. The third kappa shape index (κ3) is 2.75. The number of fused-ring (bicyclic) bond motifs is 1. The van der Waals surface area contributed by atoms with Gasteiger partial charge in [-0.3, -0.25) is 4.98 Å². The fraction of sp³-hybridized carbons (Fsp3) is 0.150. The number of carbonyl (C=O) groups excluding carboxylic acids is 1. The van der Waals surface area contributed by atoms with E-state index in [-0.39, 0.29) is 12.1 Å². The van der Waals surface area contributed by atoms with Crippen LogP contribution in [0.25, 0.3) is 0 Å². The fourth-order valence-corrected chi connectivity index (χ4v) is 3.21. The smallest absolute Gasteiger partial charge is 0.331 e. The van der Waals surface area contributed by atoms with E-state index in [1.54, 1.807) is 34.3 Å². The van der Waals surface area contributed by atoms with Crippen LogP contribution in [-0.2, 0) is 6.54 Å². The molecule has 2 amide bonds. The number of nitrogens with zero attached hydrogens (tertiary/aromatic N) is 4. The molecule has 1 aliphatic rings. The van der Waals surface area contributed by atoms with E-state index >= 15 is 0 Å². The van der Waals surface area contributed by atoms with E-state index in [1.807, 2.05) is 49.4 Å². The van der Waals surface area contributed by atoms with Gasteiger partial charge in [0.05, 0.1) is 24.0 Å². The molecule has 3 aromatic rings. The van der Waals surface area contributed by atoms with Gasteiger partial charge in [0.2, 0.25) is 0 Å². The molecule has 0 aliphatic carbocycles. The van der Waals surface area contributed by atoms with Crippen molar-refractivity contribution < 1.29 is 4.79 Å². The molecule has 2 aromatic heterocycles. The Morgan fingerprint density at radius 3 is 2.65 bits per heavy atom. The van der Waals surface area contributed by atoms with E-state index in [0.717, 1.165) is 11.3 Å². The second-order valence-electron chi connectivity index (χ2n) is 6.26. The topological polar surface area (TPSA) is 75.3 Å². The third-order valence-electron chi connectivity index (χ3n) is 4.57. The lowest BCUT2D eigenvalue weighted by atomic mass is 10.1. The molecular formula is C20H19N5O. The van der Waals surface area contributed by atoms with E-state index in [1.165, 1.54) is 0 Å². The summed E-state index contributed by atoms with van der Waals surface area (Å²) in [6, 6.07) is 16.6. The summed E-state index contributed by atoms with van der Waals surface area (Å²) in [4.78, 5) is 25.6. The Balaban J connectivity index is 1.79. The van der Waals surface area contributed by atoms with Crippen LogP contribution in [0.3, 0.4) is 0 Å². The number of amides is 2. The lowest BCUT2D eigenvalue weighted by Gasteiger charge is -2.39. The lowest BCUT2D eigenvalue weighted by molar-refractivity contribution is 0.179. The molecular weight excluding hydrogens is 326 g/mol. The Bertz CT molecular complexity index is 944. The summed E-state index contributed by atoms with van der Waals surface area (Å²) in [5.74, 6) is 0.646. The molecule has 0 bridgehead atoms. The van der Waals surface area contributed by atoms with Crippen molar-refractivity contribution in [1.29, 1.82) is 0 Å². The lowest BCUT2D eigenvalue weighted by Crippen LogP contribution is -2.46. The number of rotatable bonds is 3. The third-order valence-corrected chi connectivity index (χ3v) is 4.57. The van der Waals surface area contributed by atoms with Crippen LogP contribution in [0.1, 0.15) is 24.2 Å². The summed E-state index contributed by atoms with van der Waals surface area (Å²) in [6.45, 7) is 2.47. The normalized spacial score (nSPS) is 14.9. The van der Waals surface area contributed by atoms with Gasteiger partial charge in [-0.25, -0.2) is 14.7 Å². The molecule has 0 saturated heterocycles. The average molecular weight is 345 g/mol. The van der Waals surface area contributed by atoms with Crippen LogP contribution in [0, 0.1) is 0 Å². The van der Waals surface area contributed by atoms with Gasteiger partial charge in [-0.05, 0) is 43.3 Å². The molecule has 0 spiro atoms. The van der Waals surface area contributed by atoms with Crippen LogP contribution < -0.4 is 10.6 Å². The molecule has 1 aliphatic heterocycles. The first-order valence-electron chi connectivity index (χ1n) is 8.46. The zero-order valence-electron chi connectivity index (χ0n) is 14.4. The summed E-state index contributed by atoms with van der Waals surface area (Å²) < 4.78 is 0. The van der Waals surface area contributed by atoms with Gasteiger partial charge in [-0.15, -0.1) is 0 Å². The van der Waals surface area contributed by atoms with E-state index < -0.39 is 0 Å². The number of nitrogen functional groups attached to an aromatic ring is 1. The first-order chi connectivity index (χ1) is 12.6.